The van der Waals surface area contributed by atoms with Crippen LogP contribution in [0, 0.1) is 0 Å². The van der Waals surface area contributed by atoms with Gasteiger partial charge in [0.1, 0.15) is 0 Å². The number of aryl methyl sites for hydroxylation is 1. The van der Waals surface area contributed by atoms with E-state index in [0.717, 1.165) is 11.3 Å². The lowest BCUT2D eigenvalue weighted by Crippen LogP contribution is -2.27. The number of aromatic nitrogens is 2. The summed E-state index contributed by atoms with van der Waals surface area (Å²) in [7, 11) is 1.87. The maximum Gasteiger partial charge on any atom is 0.171 e. The van der Waals surface area contributed by atoms with Crippen LogP contribution in [0.25, 0.3) is 0 Å². The van der Waals surface area contributed by atoms with E-state index < -0.39 is 0 Å². The van der Waals surface area contributed by atoms with Gasteiger partial charge in [-0.1, -0.05) is 0 Å². The minimum atomic E-state index is 0.0498. The average Bonchev–Trinajstić information content (AvgIpc) is 2.83. The molecule has 0 amide bonds. The van der Waals surface area contributed by atoms with Gasteiger partial charge in [0.2, 0.25) is 0 Å². The van der Waals surface area contributed by atoms with Crippen molar-refractivity contribution in [2.75, 3.05) is 5.32 Å². The second-order valence-electron chi connectivity index (χ2n) is 4.46. The third-order valence-electron chi connectivity index (χ3n) is 2.76. The molecule has 104 valence electrons. The van der Waals surface area contributed by atoms with Crippen LogP contribution < -0.4 is 10.6 Å². The lowest BCUT2D eigenvalue weighted by Gasteiger charge is -2.09. The van der Waals surface area contributed by atoms with E-state index in [1.807, 2.05) is 25.4 Å². The number of thiocarbonyl (C=S) groups is 1. The fourth-order valence-electron chi connectivity index (χ4n) is 1.71. The van der Waals surface area contributed by atoms with E-state index in [9.17, 15) is 4.79 Å². The SMILES string of the molecule is CC(=O)c1ccc(NC(=S)NCc2cnn(C)c2)cc1. The highest BCUT2D eigenvalue weighted by Crippen LogP contribution is 2.10. The van der Waals surface area contributed by atoms with Crippen LogP contribution in [-0.4, -0.2) is 20.7 Å². The number of carbonyl (C=O) groups excluding carboxylic acids is 1. The van der Waals surface area contributed by atoms with E-state index in [1.54, 1.807) is 29.9 Å². The molecule has 0 saturated carbocycles. The van der Waals surface area contributed by atoms with Gasteiger partial charge in [-0.2, -0.15) is 5.10 Å². The van der Waals surface area contributed by atoms with E-state index in [-0.39, 0.29) is 5.78 Å². The van der Waals surface area contributed by atoms with Crippen LogP contribution in [0.3, 0.4) is 0 Å². The Morgan fingerprint density at radius 2 is 2.05 bits per heavy atom. The van der Waals surface area contributed by atoms with E-state index >= 15 is 0 Å². The lowest BCUT2D eigenvalue weighted by molar-refractivity contribution is 0.101. The molecule has 0 aliphatic rings. The Kier molecular flexibility index (Phi) is 4.47. The fraction of sp³-hybridized carbons (Fsp3) is 0.214. The van der Waals surface area contributed by atoms with Crippen molar-refractivity contribution in [3.63, 3.8) is 0 Å². The minimum Gasteiger partial charge on any atom is -0.358 e. The van der Waals surface area contributed by atoms with Crippen molar-refractivity contribution in [2.24, 2.45) is 7.05 Å². The number of nitrogens with zero attached hydrogens (tertiary/aromatic N) is 2. The normalized spacial score (nSPS) is 10.1. The summed E-state index contributed by atoms with van der Waals surface area (Å²) in [6, 6.07) is 7.20. The molecular weight excluding hydrogens is 272 g/mol. The van der Waals surface area contributed by atoms with Gasteiger partial charge in [-0.05, 0) is 43.4 Å². The van der Waals surface area contributed by atoms with Crippen LogP contribution in [0.15, 0.2) is 36.7 Å². The van der Waals surface area contributed by atoms with Crippen LogP contribution in [0.1, 0.15) is 22.8 Å². The number of hydrogen-bond donors (Lipinski definition) is 2. The van der Waals surface area contributed by atoms with Gasteiger partial charge >= 0.3 is 0 Å². The molecule has 0 spiro atoms. The molecule has 1 aromatic heterocycles. The lowest BCUT2D eigenvalue weighted by atomic mass is 10.1. The third kappa shape index (κ3) is 3.89. The van der Waals surface area contributed by atoms with Gasteiger partial charge in [-0.25, -0.2) is 0 Å². The Bertz CT molecular complexity index is 618. The predicted octanol–water partition coefficient (Wildman–Crippen LogP) is 2.11. The van der Waals surface area contributed by atoms with E-state index in [4.69, 9.17) is 12.2 Å². The largest absolute Gasteiger partial charge is 0.358 e. The highest BCUT2D eigenvalue weighted by atomic mass is 32.1. The molecule has 0 atom stereocenters. The molecule has 0 radical (unpaired) electrons. The maximum absolute atomic E-state index is 11.2. The molecule has 0 unspecified atom stereocenters. The standard InChI is InChI=1S/C14H16N4OS/c1-10(19)12-3-5-13(6-4-12)17-14(20)15-7-11-8-16-18(2)9-11/h3-6,8-9H,7H2,1-2H3,(H2,15,17,20). The van der Waals surface area contributed by atoms with Crippen molar-refractivity contribution in [2.45, 2.75) is 13.5 Å². The third-order valence-corrected chi connectivity index (χ3v) is 3.01. The van der Waals surface area contributed by atoms with E-state index in [2.05, 4.69) is 15.7 Å². The molecule has 2 N–H and O–H groups in total. The number of anilines is 1. The van der Waals surface area contributed by atoms with Crippen molar-refractivity contribution in [3.05, 3.63) is 47.8 Å². The van der Waals surface area contributed by atoms with Crippen LogP contribution in [0.4, 0.5) is 5.69 Å². The second-order valence-corrected chi connectivity index (χ2v) is 4.87. The predicted molar refractivity (Wildman–Crippen MR) is 82.7 cm³/mol. The zero-order valence-electron chi connectivity index (χ0n) is 11.4. The second kappa shape index (κ2) is 6.29. The summed E-state index contributed by atoms with van der Waals surface area (Å²) in [5.41, 5.74) is 2.59. The highest BCUT2D eigenvalue weighted by molar-refractivity contribution is 7.80. The minimum absolute atomic E-state index is 0.0498. The van der Waals surface area contributed by atoms with E-state index in [1.165, 1.54) is 0 Å². The Balaban J connectivity index is 1.86. The van der Waals surface area contributed by atoms with Gasteiger partial charge in [0.25, 0.3) is 0 Å². The van der Waals surface area contributed by atoms with Gasteiger partial charge in [0.15, 0.2) is 10.9 Å². The first kappa shape index (κ1) is 14.2. The molecule has 0 bridgehead atoms. The van der Waals surface area contributed by atoms with E-state index in [0.29, 0.717) is 17.2 Å². The topological polar surface area (TPSA) is 59.0 Å². The van der Waals surface area contributed by atoms with Crippen molar-refractivity contribution < 1.29 is 4.79 Å². The molecule has 2 aromatic rings. The smallest absolute Gasteiger partial charge is 0.171 e. The zero-order chi connectivity index (χ0) is 14.5. The van der Waals surface area contributed by atoms with Gasteiger partial charge in [0, 0.05) is 36.6 Å². The summed E-state index contributed by atoms with van der Waals surface area (Å²) in [5, 5.41) is 10.8. The van der Waals surface area contributed by atoms with Crippen molar-refractivity contribution >= 4 is 28.8 Å². The monoisotopic (exact) mass is 288 g/mol. The summed E-state index contributed by atoms with van der Waals surface area (Å²) in [6.07, 6.45) is 3.72. The zero-order valence-corrected chi connectivity index (χ0v) is 12.2. The first-order valence-electron chi connectivity index (χ1n) is 6.18. The fourth-order valence-corrected chi connectivity index (χ4v) is 1.90. The molecule has 5 nitrogen and oxygen atoms in total. The molecular formula is C14H16N4OS. The Morgan fingerprint density at radius 3 is 2.60 bits per heavy atom. The number of rotatable bonds is 4. The summed E-state index contributed by atoms with van der Waals surface area (Å²) >= 11 is 5.21. The molecule has 1 heterocycles. The van der Waals surface area contributed by atoms with Gasteiger partial charge in [-0.3, -0.25) is 9.48 Å². The molecule has 20 heavy (non-hydrogen) atoms. The van der Waals surface area contributed by atoms with Gasteiger partial charge < -0.3 is 10.6 Å². The molecule has 2 rings (SSSR count). The first-order chi connectivity index (χ1) is 9.54. The molecule has 6 heteroatoms. The number of carbonyl (C=O) groups is 1. The number of nitrogens with one attached hydrogen (secondary N) is 2. The van der Waals surface area contributed by atoms with Crippen LogP contribution in [0.2, 0.25) is 0 Å². The molecule has 0 aliphatic heterocycles. The van der Waals surface area contributed by atoms with Crippen molar-refractivity contribution in [1.29, 1.82) is 0 Å². The van der Waals surface area contributed by atoms with Crippen molar-refractivity contribution in [3.8, 4) is 0 Å². The summed E-state index contributed by atoms with van der Waals surface area (Å²) in [6.45, 7) is 2.16. The number of benzene rings is 1. The molecule has 0 aliphatic carbocycles. The maximum atomic E-state index is 11.2. The van der Waals surface area contributed by atoms with Crippen LogP contribution >= 0.6 is 12.2 Å². The van der Waals surface area contributed by atoms with Crippen LogP contribution in [0.5, 0.6) is 0 Å². The summed E-state index contributed by atoms with van der Waals surface area (Å²) in [4.78, 5) is 11.2. The summed E-state index contributed by atoms with van der Waals surface area (Å²) in [5.74, 6) is 0.0498. The van der Waals surface area contributed by atoms with Gasteiger partial charge in [-0.15, -0.1) is 0 Å². The van der Waals surface area contributed by atoms with Gasteiger partial charge in [0.05, 0.1) is 6.20 Å². The Labute approximate surface area is 123 Å². The average molecular weight is 288 g/mol. The van der Waals surface area contributed by atoms with Crippen molar-refractivity contribution in [1.82, 2.24) is 15.1 Å². The number of hydrogen-bond acceptors (Lipinski definition) is 3. The molecule has 1 aromatic carbocycles. The molecule has 0 fully saturated rings. The number of ketones is 1. The summed E-state index contributed by atoms with van der Waals surface area (Å²) < 4.78 is 1.74. The number of Topliss-reactive ketones (excluding diaryl/α,β-unsaturated/α-hetero) is 1. The quantitative estimate of drug-likeness (QED) is 0.666. The Hall–Kier alpha value is -2.21. The Morgan fingerprint density at radius 1 is 1.35 bits per heavy atom. The highest BCUT2D eigenvalue weighted by Gasteiger charge is 2.01. The first-order valence-corrected chi connectivity index (χ1v) is 6.59. The van der Waals surface area contributed by atoms with Crippen LogP contribution in [-0.2, 0) is 13.6 Å². The molecule has 0 saturated heterocycles.